The van der Waals surface area contributed by atoms with Gasteiger partial charge in [-0.25, -0.2) is 4.79 Å². The van der Waals surface area contributed by atoms with Gasteiger partial charge in [0, 0.05) is 18.0 Å². The first-order chi connectivity index (χ1) is 8.02. The van der Waals surface area contributed by atoms with Gasteiger partial charge < -0.3 is 15.8 Å². The van der Waals surface area contributed by atoms with Crippen LogP contribution in [-0.4, -0.2) is 40.0 Å². The number of nitrogens with two attached hydrogens (primary N) is 1. The molecule has 1 atom stereocenters. The predicted molar refractivity (Wildman–Crippen MR) is 62.6 cm³/mol. The molecule has 0 fully saturated rings. The van der Waals surface area contributed by atoms with E-state index < -0.39 is 17.9 Å². The molecule has 0 spiro atoms. The molecule has 0 saturated carbocycles. The number of nitrogens with one attached hydrogen (secondary N) is 1. The van der Waals surface area contributed by atoms with Gasteiger partial charge >= 0.3 is 5.97 Å². The van der Waals surface area contributed by atoms with Crippen LogP contribution in [0.3, 0.4) is 0 Å². The van der Waals surface area contributed by atoms with Crippen molar-refractivity contribution in [2.75, 3.05) is 13.1 Å². The number of aromatic nitrogens is 1. The number of rotatable bonds is 6. The molecule has 0 bridgehead atoms. The van der Waals surface area contributed by atoms with Crippen molar-refractivity contribution in [3.8, 4) is 0 Å². The maximum Gasteiger partial charge on any atom is 0.337 e. The fraction of sp³-hybridized carbons (Fsp3) is 0.455. The molecule has 1 heterocycles. The van der Waals surface area contributed by atoms with Crippen LogP contribution in [-0.2, 0) is 4.79 Å². The highest BCUT2D eigenvalue weighted by Crippen LogP contribution is 2.23. The molecular weight excluding hydrogens is 222 g/mol. The van der Waals surface area contributed by atoms with Crippen LogP contribution in [0.15, 0.2) is 12.4 Å². The first kappa shape index (κ1) is 13.2. The fourth-order valence-corrected chi connectivity index (χ4v) is 1.91. The van der Waals surface area contributed by atoms with E-state index >= 15 is 0 Å². The van der Waals surface area contributed by atoms with Crippen molar-refractivity contribution in [3.05, 3.63) is 23.5 Å². The Morgan fingerprint density at radius 2 is 2.00 bits per heavy atom. The topological polar surface area (TPSA) is 99.4 Å². The van der Waals surface area contributed by atoms with Gasteiger partial charge in [-0.3, -0.25) is 9.69 Å². The molecular formula is C11H17N3O3. The second-order valence-corrected chi connectivity index (χ2v) is 3.66. The highest BCUT2D eigenvalue weighted by atomic mass is 16.4. The number of likely N-dealkylation sites (N-methyl/N-ethyl adjacent to an activating group) is 1. The molecule has 6 nitrogen and oxygen atoms in total. The minimum atomic E-state index is -1.07. The second kappa shape index (κ2) is 5.49. The number of carboxylic acids is 1. The summed E-state index contributed by atoms with van der Waals surface area (Å²) in [7, 11) is 0. The van der Waals surface area contributed by atoms with E-state index in [1.807, 2.05) is 18.7 Å². The summed E-state index contributed by atoms with van der Waals surface area (Å²) in [4.78, 5) is 27.0. The maximum absolute atomic E-state index is 11.5. The summed E-state index contributed by atoms with van der Waals surface area (Å²) in [5.74, 6) is -1.62. The average Bonchev–Trinajstić information content (AvgIpc) is 2.73. The van der Waals surface area contributed by atoms with Crippen molar-refractivity contribution >= 4 is 11.9 Å². The molecule has 6 heteroatoms. The van der Waals surface area contributed by atoms with Gasteiger partial charge in [0.15, 0.2) is 0 Å². The first-order valence-corrected chi connectivity index (χ1v) is 5.46. The maximum atomic E-state index is 11.5. The van der Waals surface area contributed by atoms with E-state index in [1.54, 1.807) is 0 Å². The summed E-state index contributed by atoms with van der Waals surface area (Å²) in [6.45, 7) is 5.03. The smallest absolute Gasteiger partial charge is 0.337 e. The lowest BCUT2D eigenvalue weighted by molar-refractivity contribution is -0.123. The molecule has 94 valence electrons. The number of carbonyl (C=O) groups is 2. The van der Waals surface area contributed by atoms with Crippen molar-refractivity contribution in [2.45, 2.75) is 19.9 Å². The summed E-state index contributed by atoms with van der Waals surface area (Å²) in [6.07, 6.45) is 2.87. The van der Waals surface area contributed by atoms with Crippen LogP contribution < -0.4 is 5.73 Å². The summed E-state index contributed by atoms with van der Waals surface area (Å²) >= 11 is 0. The molecule has 0 radical (unpaired) electrons. The first-order valence-electron chi connectivity index (χ1n) is 5.46. The summed E-state index contributed by atoms with van der Waals surface area (Å²) < 4.78 is 0. The highest BCUT2D eigenvalue weighted by molar-refractivity contribution is 5.92. The van der Waals surface area contributed by atoms with E-state index in [2.05, 4.69) is 4.98 Å². The van der Waals surface area contributed by atoms with Gasteiger partial charge in [0.25, 0.3) is 0 Å². The lowest BCUT2D eigenvalue weighted by Crippen LogP contribution is -2.38. The molecule has 1 unspecified atom stereocenters. The predicted octanol–water partition coefficient (Wildman–Crippen LogP) is 0.581. The zero-order valence-corrected chi connectivity index (χ0v) is 9.93. The number of aromatic amines is 1. The molecule has 4 N–H and O–H groups in total. The van der Waals surface area contributed by atoms with Gasteiger partial charge in [-0.2, -0.15) is 0 Å². The molecule has 1 aromatic heterocycles. The molecule has 0 aromatic carbocycles. The summed E-state index contributed by atoms with van der Waals surface area (Å²) in [5, 5.41) is 9.02. The van der Waals surface area contributed by atoms with Crippen LogP contribution in [0.25, 0.3) is 0 Å². The van der Waals surface area contributed by atoms with E-state index in [0.717, 1.165) is 0 Å². The minimum Gasteiger partial charge on any atom is -0.478 e. The number of carbonyl (C=O) groups excluding carboxylic acids is 1. The highest BCUT2D eigenvalue weighted by Gasteiger charge is 2.28. The molecule has 0 aliphatic rings. The number of nitrogens with zero attached hydrogens (tertiary/aromatic N) is 1. The zero-order chi connectivity index (χ0) is 13.0. The van der Waals surface area contributed by atoms with Crippen LogP contribution in [0.1, 0.15) is 35.8 Å². The summed E-state index contributed by atoms with van der Waals surface area (Å²) in [5.41, 5.74) is 5.86. The number of hydrogen-bond acceptors (Lipinski definition) is 3. The number of primary amides is 1. The third kappa shape index (κ3) is 2.65. The van der Waals surface area contributed by atoms with Crippen molar-refractivity contribution in [2.24, 2.45) is 5.73 Å². The molecule has 0 aliphatic heterocycles. The average molecular weight is 239 g/mol. The van der Waals surface area contributed by atoms with Crippen LogP contribution in [0.2, 0.25) is 0 Å². The van der Waals surface area contributed by atoms with Crippen molar-refractivity contribution in [3.63, 3.8) is 0 Å². The molecule has 1 aromatic rings. The summed E-state index contributed by atoms with van der Waals surface area (Å²) in [6, 6.07) is -0.706. The van der Waals surface area contributed by atoms with E-state index in [-0.39, 0.29) is 5.56 Å². The largest absolute Gasteiger partial charge is 0.478 e. The SMILES string of the molecule is CCN(CC)C(C(N)=O)c1c[nH]cc1C(=O)O. The number of hydrogen-bond donors (Lipinski definition) is 3. The Labute approximate surface area is 99.4 Å². The van der Waals surface area contributed by atoms with Crippen molar-refractivity contribution in [1.82, 2.24) is 9.88 Å². The van der Waals surface area contributed by atoms with Gasteiger partial charge in [0.2, 0.25) is 5.91 Å². The van der Waals surface area contributed by atoms with Crippen molar-refractivity contribution in [1.29, 1.82) is 0 Å². The number of aromatic carboxylic acids is 1. The Balaban J connectivity index is 3.18. The van der Waals surface area contributed by atoms with Gasteiger partial charge in [0.1, 0.15) is 6.04 Å². The monoisotopic (exact) mass is 239 g/mol. The third-order valence-corrected chi connectivity index (χ3v) is 2.75. The number of H-pyrrole nitrogens is 1. The lowest BCUT2D eigenvalue weighted by atomic mass is 10.0. The zero-order valence-electron chi connectivity index (χ0n) is 9.93. The van der Waals surface area contributed by atoms with E-state index in [4.69, 9.17) is 10.8 Å². The van der Waals surface area contributed by atoms with Gasteiger partial charge in [-0.15, -0.1) is 0 Å². The second-order valence-electron chi connectivity index (χ2n) is 3.66. The molecule has 0 aliphatic carbocycles. The van der Waals surface area contributed by atoms with Gasteiger partial charge in [0.05, 0.1) is 5.56 Å². The Bertz CT molecular complexity index is 410. The Morgan fingerprint density at radius 3 is 2.41 bits per heavy atom. The molecule has 17 heavy (non-hydrogen) atoms. The van der Waals surface area contributed by atoms with Gasteiger partial charge in [-0.1, -0.05) is 13.8 Å². The van der Waals surface area contributed by atoms with E-state index in [9.17, 15) is 9.59 Å². The van der Waals surface area contributed by atoms with E-state index in [0.29, 0.717) is 18.7 Å². The normalized spacial score (nSPS) is 12.6. The molecule has 1 rings (SSSR count). The van der Waals surface area contributed by atoms with Crippen LogP contribution in [0.5, 0.6) is 0 Å². The van der Waals surface area contributed by atoms with E-state index in [1.165, 1.54) is 12.4 Å². The standard InChI is InChI=1S/C11H17N3O3/c1-3-14(4-2)9(10(12)15)7-5-13-6-8(7)11(16)17/h5-6,9,13H,3-4H2,1-2H3,(H2,12,15)(H,16,17). The van der Waals surface area contributed by atoms with Crippen LogP contribution in [0.4, 0.5) is 0 Å². The third-order valence-electron chi connectivity index (χ3n) is 2.75. The lowest BCUT2D eigenvalue weighted by Gasteiger charge is -2.26. The quantitative estimate of drug-likeness (QED) is 0.676. The van der Waals surface area contributed by atoms with Gasteiger partial charge in [-0.05, 0) is 13.1 Å². The van der Waals surface area contributed by atoms with Crippen LogP contribution >= 0.6 is 0 Å². The number of carboxylic acid groups (broad SMARTS) is 1. The Hall–Kier alpha value is -1.82. The fourth-order valence-electron chi connectivity index (χ4n) is 1.91. The Morgan fingerprint density at radius 1 is 1.41 bits per heavy atom. The van der Waals surface area contributed by atoms with Crippen LogP contribution in [0, 0.1) is 0 Å². The van der Waals surface area contributed by atoms with Crippen molar-refractivity contribution < 1.29 is 14.7 Å². The number of amides is 1. The molecule has 0 saturated heterocycles. The minimum absolute atomic E-state index is 0.0840. The molecule has 1 amide bonds. The Kier molecular flexibility index (Phi) is 4.28.